The minimum Gasteiger partial charge on any atom is -0.211 e. The van der Waals surface area contributed by atoms with E-state index in [1.54, 1.807) is 12.2 Å². The Bertz CT molecular complexity index is 482. The fraction of sp³-hybridized carbons (Fsp3) is 0.786. The van der Waals surface area contributed by atoms with Gasteiger partial charge in [0.05, 0.1) is 6.54 Å². The van der Waals surface area contributed by atoms with E-state index in [9.17, 15) is 14.4 Å². The first-order valence-corrected chi connectivity index (χ1v) is 6.97. The van der Waals surface area contributed by atoms with Gasteiger partial charge < -0.3 is 0 Å². The number of fused-ring (bicyclic) bond motifs is 2. The quantitative estimate of drug-likeness (QED) is 0.404. The monoisotopic (exact) mass is 275 g/mol. The lowest BCUT2D eigenvalue weighted by molar-refractivity contribution is 0.182. The number of nitrogens with zero attached hydrogens (tertiary/aromatic N) is 3. The molecular weight excluding hydrogens is 258 g/mol. The lowest BCUT2D eigenvalue weighted by Gasteiger charge is -2.34. The molecule has 2 aliphatic rings. The second kappa shape index (κ2) is 6.53. The van der Waals surface area contributed by atoms with Gasteiger partial charge in [0.25, 0.3) is 0 Å². The Morgan fingerprint density at radius 2 is 1.75 bits per heavy atom. The van der Waals surface area contributed by atoms with E-state index >= 15 is 0 Å². The first kappa shape index (κ1) is 14.5. The Balaban J connectivity index is 2.19. The molecule has 6 nitrogen and oxygen atoms in total. The van der Waals surface area contributed by atoms with E-state index in [0.29, 0.717) is 31.2 Å². The molecule has 2 rings (SSSR count). The summed E-state index contributed by atoms with van der Waals surface area (Å²) in [4.78, 5) is 42.9. The normalized spacial score (nSPS) is 29.7. The van der Waals surface area contributed by atoms with Crippen LogP contribution in [0.5, 0.6) is 0 Å². The molecule has 6 heteroatoms. The number of aliphatic imine (C=N–C) groups is 3. The summed E-state index contributed by atoms with van der Waals surface area (Å²) in [7, 11) is 0. The van der Waals surface area contributed by atoms with Crippen LogP contribution in [0, 0.1) is 17.8 Å². The summed E-state index contributed by atoms with van der Waals surface area (Å²) in [6.45, 7) is 0.300. The highest BCUT2D eigenvalue weighted by Gasteiger charge is 2.51. The zero-order valence-corrected chi connectivity index (χ0v) is 11.2. The van der Waals surface area contributed by atoms with Gasteiger partial charge in [0.2, 0.25) is 18.2 Å². The molecule has 3 unspecified atom stereocenters. The number of isocyanates is 3. The summed E-state index contributed by atoms with van der Waals surface area (Å²) < 4.78 is 0. The van der Waals surface area contributed by atoms with Crippen LogP contribution >= 0.6 is 0 Å². The van der Waals surface area contributed by atoms with Crippen molar-refractivity contribution in [3.05, 3.63) is 0 Å². The summed E-state index contributed by atoms with van der Waals surface area (Å²) in [5, 5.41) is 0. The van der Waals surface area contributed by atoms with E-state index in [1.807, 2.05) is 0 Å². The van der Waals surface area contributed by atoms with Crippen LogP contribution in [-0.4, -0.2) is 30.4 Å². The first-order valence-electron chi connectivity index (χ1n) is 6.97. The summed E-state index contributed by atoms with van der Waals surface area (Å²) in [6, 6.07) is 0. The second-order valence-electron chi connectivity index (χ2n) is 5.64. The second-order valence-corrected chi connectivity index (χ2v) is 5.64. The molecular formula is C14H17N3O3. The Labute approximate surface area is 117 Å². The third-order valence-corrected chi connectivity index (χ3v) is 4.69. The maximum atomic E-state index is 10.8. The zero-order valence-electron chi connectivity index (χ0n) is 11.2. The maximum Gasteiger partial charge on any atom is 0.237 e. The van der Waals surface area contributed by atoms with Crippen molar-refractivity contribution in [3.8, 4) is 0 Å². The predicted molar refractivity (Wildman–Crippen MR) is 70.1 cm³/mol. The van der Waals surface area contributed by atoms with Crippen molar-refractivity contribution in [1.29, 1.82) is 0 Å². The highest BCUT2D eigenvalue weighted by molar-refractivity contribution is 5.40. The maximum absolute atomic E-state index is 10.8. The molecule has 2 bridgehead atoms. The van der Waals surface area contributed by atoms with Crippen LogP contribution in [0.25, 0.3) is 0 Å². The molecule has 0 N–H and O–H groups in total. The number of hydrogen-bond donors (Lipinski definition) is 0. The molecule has 20 heavy (non-hydrogen) atoms. The standard InChI is InChI=1S/C14H17N3O3/c18-8-15-5-1-4-14(16-9-19,17-10-20)13-7-11-2-3-12(13)6-11/h11-13H,1-7H2. The number of carbonyl (C=O) groups excluding carboxylic acids is 3. The van der Waals surface area contributed by atoms with Gasteiger partial charge in [-0.15, -0.1) is 0 Å². The molecule has 2 saturated carbocycles. The molecule has 2 aliphatic carbocycles. The van der Waals surface area contributed by atoms with Gasteiger partial charge in [0.15, 0.2) is 5.66 Å². The van der Waals surface area contributed by atoms with Gasteiger partial charge in [0.1, 0.15) is 0 Å². The molecule has 0 radical (unpaired) electrons. The van der Waals surface area contributed by atoms with Crippen LogP contribution in [0.4, 0.5) is 0 Å². The van der Waals surface area contributed by atoms with E-state index in [-0.39, 0.29) is 5.92 Å². The lowest BCUT2D eigenvalue weighted by atomic mass is 9.77. The molecule has 0 aromatic carbocycles. The van der Waals surface area contributed by atoms with E-state index in [1.165, 1.54) is 12.5 Å². The lowest BCUT2D eigenvalue weighted by Crippen LogP contribution is -2.37. The van der Waals surface area contributed by atoms with Crippen molar-refractivity contribution < 1.29 is 14.4 Å². The van der Waals surface area contributed by atoms with Crippen molar-refractivity contribution in [2.75, 3.05) is 6.54 Å². The third kappa shape index (κ3) is 2.83. The van der Waals surface area contributed by atoms with Gasteiger partial charge in [-0.05, 0) is 43.9 Å². The molecule has 106 valence electrons. The van der Waals surface area contributed by atoms with Gasteiger partial charge in [-0.3, -0.25) is 0 Å². The Kier molecular flexibility index (Phi) is 4.75. The first-order chi connectivity index (χ1) is 9.75. The van der Waals surface area contributed by atoms with Crippen LogP contribution in [0.15, 0.2) is 15.0 Å². The molecule has 2 fully saturated rings. The summed E-state index contributed by atoms with van der Waals surface area (Å²) in [6.07, 6.45) is 9.93. The van der Waals surface area contributed by atoms with E-state index in [0.717, 1.165) is 19.3 Å². The molecule has 0 aliphatic heterocycles. The fourth-order valence-electron chi connectivity index (χ4n) is 3.92. The van der Waals surface area contributed by atoms with E-state index in [2.05, 4.69) is 15.0 Å². The summed E-state index contributed by atoms with van der Waals surface area (Å²) in [5.74, 6) is 1.22. The van der Waals surface area contributed by atoms with Crippen molar-refractivity contribution in [2.24, 2.45) is 32.7 Å². The molecule has 0 amide bonds. The highest BCUT2D eigenvalue weighted by Crippen LogP contribution is 2.54. The number of rotatable bonds is 7. The zero-order chi connectivity index (χ0) is 14.4. The Morgan fingerprint density at radius 3 is 2.25 bits per heavy atom. The average molecular weight is 275 g/mol. The van der Waals surface area contributed by atoms with Crippen molar-refractivity contribution in [1.82, 2.24) is 0 Å². The predicted octanol–water partition coefficient (Wildman–Crippen LogP) is 1.91. The molecule has 0 spiro atoms. The minimum atomic E-state index is -1.05. The molecule has 3 atom stereocenters. The van der Waals surface area contributed by atoms with Gasteiger partial charge in [-0.25, -0.2) is 19.4 Å². The van der Waals surface area contributed by atoms with Crippen molar-refractivity contribution >= 4 is 18.2 Å². The molecule has 0 heterocycles. The van der Waals surface area contributed by atoms with Crippen molar-refractivity contribution in [2.45, 2.75) is 44.2 Å². The largest absolute Gasteiger partial charge is 0.237 e. The van der Waals surface area contributed by atoms with Gasteiger partial charge in [-0.1, -0.05) is 6.42 Å². The third-order valence-electron chi connectivity index (χ3n) is 4.69. The van der Waals surface area contributed by atoms with Crippen LogP contribution in [0.1, 0.15) is 38.5 Å². The highest BCUT2D eigenvalue weighted by atomic mass is 16.1. The average Bonchev–Trinajstić information content (AvgIpc) is 3.07. The molecule has 0 aromatic rings. The summed E-state index contributed by atoms with van der Waals surface area (Å²) in [5.41, 5.74) is -1.05. The van der Waals surface area contributed by atoms with E-state index < -0.39 is 5.66 Å². The van der Waals surface area contributed by atoms with Crippen molar-refractivity contribution in [3.63, 3.8) is 0 Å². The summed E-state index contributed by atoms with van der Waals surface area (Å²) >= 11 is 0. The Morgan fingerprint density at radius 1 is 1.00 bits per heavy atom. The van der Waals surface area contributed by atoms with Crippen LogP contribution in [0.2, 0.25) is 0 Å². The smallest absolute Gasteiger partial charge is 0.211 e. The van der Waals surface area contributed by atoms with Crippen LogP contribution in [-0.2, 0) is 14.4 Å². The van der Waals surface area contributed by atoms with Gasteiger partial charge >= 0.3 is 0 Å². The molecule has 0 saturated heterocycles. The SMILES string of the molecule is O=C=NCCCC(N=C=O)(N=C=O)C1CC2CCC1C2. The van der Waals surface area contributed by atoms with E-state index in [4.69, 9.17) is 0 Å². The topological polar surface area (TPSA) is 88.3 Å². The number of hydrogen-bond acceptors (Lipinski definition) is 6. The fourth-order valence-corrected chi connectivity index (χ4v) is 3.92. The molecule has 0 aromatic heterocycles. The van der Waals surface area contributed by atoms with Crippen LogP contribution in [0.3, 0.4) is 0 Å². The van der Waals surface area contributed by atoms with Crippen LogP contribution < -0.4 is 0 Å². The van der Waals surface area contributed by atoms with Gasteiger partial charge in [0, 0.05) is 5.92 Å². The Hall–Kier alpha value is -1.86. The minimum absolute atomic E-state index is 0.101. The van der Waals surface area contributed by atoms with Gasteiger partial charge in [-0.2, -0.15) is 9.98 Å².